The summed E-state index contributed by atoms with van der Waals surface area (Å²) in [4.78, 5) is 15.8. The lowest BCUT2D eigenvalue weighted by atomic mass is 9.66. The van der Waals surface area contributed by atoms with Crippen LogP contribution in [-0.4, -0.2) is 36.6 Å². The minimum atomic E-state index is 0.139. The minimum absolute atomic E-state index is 0.139. The number of hydrogen-bond donors (Lipinski definition) is 0. The molecule has 0 spiro atoms. The van der Waals surface area contributed by atoms with Crippen molar-refractivity contribution in [3.8, 4) is 0 Å². The first-order chi connectivity index (χ1) is 13.2. The van der Waals surface area contributed by atoms with E-state index >= 15 is 0 Å². The van der Waals surface area contributed by atoms with Crippen LogP contribution in [0.2, 0.25) is 0 Å². The predicted molar refractivity (Wildman–Crippen MR) is 109 cm³/mol. The van der Waals surface area contributed by atoms with Gasteiger partial charge < -0.3 is 4.74 Å². The summed E-state index contributed by atoms with van der Waals surface area (Å²) in [6.45, 7) is 3.02. The van der Waals surface area contributed by atoms with Crippen molar-refractivity contribution in [3.05, 3.63) is 0 Å². The van der Waals surface area contributed by atoms with Crippen molar-refractivity contribution in [3.63, 3.8) is 0 Å². The molecule has 2 saturated heterocycles. The Kier molecular flexibility index (Phi) is 6.46. The molecule has 4 atom stereocenters. The van der Waals surface area contributed by atoms with E-state index in [1.165, 1.54) is 83.5 Å². The van der Waals surface area contributed by atoms with Crippen molar-refractivity contribution in [1.82, 2.24) is 4.90 Å². The van der Waals surface area contributed by atoms with Crippen molar-refractivity contribution >= 4 is 5.97 Å². The molecule has 0 N–H and O–H groups in total. The van der Waals surface area contributed by atoms with Gasteiger partial charge in [0, 0.05) is 12.1 Å². The second-order valence-electron chi connectivity index (χ2n) is 10.2. The number of ether oxygens (including phenoxy) is 1. The lowest BCUT2D eigenvalue weighted by Crippen LogP contribution is -2.52. The molecule has 2 unspecified atom stereocenters. The first kappa shape index (κ1) is 19.7. The zero-order chi connectivity index (χ0) is 18.8. The molecule has 27 heavy (non-hydrogen) atoms. The monoisotopic (exact) mass is 375 g/mol. The topological polar surface area (TPSA) is 29.5 Å². The lowest BCUT2D eigenvalue weighted by molar-refractivity contribution is -0.159. The fourth-order valence-corrected chi connectivity index (χ4v) is 7.00. The first-order valence-corrected chi connectivity index (χ1v) is 12.1. The number of nitrogens with zero attached hydrogens (tertiary/aromatic N) is 1. The van der Waals surface area contributed by atoms with Gasteiger partial charge in [0.15, 0.2) is 0 Å². The summed E-state index contributed by atoms with van der Waals surface area (Å²) in [6.07, 6.45) is 17.0. The van der Waals surface area contributed by atoms with Crippen LogP contribution in [0.1, 0.15) is 90.4 Å². The Bertz CT molecular complexity index is 493. The standard InChI is InChI=1S/C24H41NO2/c1-3-17-9-11-19(12-10-17)21-15-20-13-14-22(25(20)2)23(21)24(26)27-16-18-7-5-4-6-8-18/h17-23H,3-16H2,1-2H3/t17?,19?,20-,21-,22?,23?/m1/s1. The average Bonchev–Trinajstić information content (AvgIpc) is 2.95. The van der Waals surface area contributed by atoms with Crippen molar-refractivity contribution in [2.75, 3.05) is 13.7 Å². The van der Waals surface area contributed by atoms with Gasteiger partial charge in [-0.2, -0.15) is 0 Å². The maximum Gasteiger partial charge on any atom is 0.310 e. The molecular weight excluding hydrogens is 334 g/mol. The largest absolute Gasteiger partial charge is 0.465 e. The Hall–Kier alpha value is -0.570. The highest BCUT2D eigenvalue weighted by Gasteiger charge is 2.51. The fraction of sp³-hybridized carbons (Fsp3) is 0.958. The molecule has 0 radical (unpaired) electrons. The van der Waals surface area contributed by atoms with Crippen LogP contribution in [0.25, 0.3) is 0 Å². The van der Waals surface area contributed by atoms with Gasteiger partial charge in [0.1, 0.15) is 0 Å². The molecule has 154 valence electrons. The molecule has 3 heteroatoms. The SMILES string of the molecule is CCC1CCC([C@H]2C[C@H]3CCC(C2C(=O)OCC2CCCCC2)N3C)CC1. The molecule has 0 amide bonds. The van der Waals surface area contributed by atoms with Crippen LogP contribution in [0.5, 0.6) is 0 Å². The zero-order valence-electron chi connectivity index (χ0n) is 17.7. The van der Waals surface area contributed by atoms with E-state index in [4.69, 9.17) is 4.74 Å². The highest BCUT2D eigenvalue weighted by Crippen LogP contribution is 2.49. The normalized spacial score (nSPS) is 40.8. The van der Waals surface area contributed by atoms with Gasteiger partial charge in [-0.3, -0.25) is 9.69 Å². The van der Waals surface area contributed by atoms with Gasteiger partial charge in [-0.05, 0) is 75.7 Å². The predicted octanol–water partition coefficient (Wildman–Crippen LogP) is 5.43. The molecule has 4 rings (SSSR count). The van der Waals surface area contributed by atoms with Crippen LogP contribution < -0.4 is 0 Å². The molecular formula is C24H41NO2. The Morgan fingerprint density at radius 3 is 2.37 bits per heavy atom. The number of rotatable bonds is 5. The van der Waals surface area contributed by atoms with Crippen LogP contribution in [0.15, 0.2) is 0 Å². The summed E-state index contributed by atoms with van der Waals surface area (Å²) in [5.74, 6) is 3.19. The third-order valence-corrected chi connectivity index (χ3v) is 8.85. The molecule has 4 fully saturated rings. The molecule has 2 aliphatic carbocycles. The minimum Gasteiger partial charge on any atom is -0.465 e. The molecule has 2 bridgehead atoms. The van der Waals surface area contributed by atoms with E-state index in [1.807, 2.05) is 0 Å². The van der Waals surface area contributed by atoms with Crippen LogP contribution in [0, 0.1) is 29.6 Å². The van der Waals surface area contributed by atoms with Gasteiger partial charge in [-0.25, -0.2) is 0 Å². The Morgan fingerprint density at radius 1 is 0.926 bits per heavy atom. The van der Waals surface area contributed by atoms with Crippen molar-refractivity contribution in [2.24, 2.45) is 29.6 Å². The number of fused-ring (bicyclic) bond motifs is 2. The van der Waals surface area contributed by atoms with Crippen molar-refractivity contribution in [1.29, 1.82) is 0 Å². The molecule has 2 saturated carbocycles. The maximum atomic E-state index is 13.3. The number of hydrogen-bond acceptors (Lipinski definition) is 3. The van der Waals surface area contributed by atoms with E-state index < -0.39 is 0 Å². The summed E-state index contributed by atoms with van der Waals surface area (Å²) in [5, 5.41) is 0. The van der Waals surface area contributed by atoms with Gasteiger partial charge in [-0.15, -0.1) is 0 Å². The number of piperidine rings is 1. The molecule has 4 aliphatic rings. The Balaban J connectivity index is 1.41. The van der Waals surface area contributed by atoms with Crippen molar-refractivity contribution < 1.29 is 9.53 Å². The second-order valence-corrected chi connectivity index (χ2v) is 10.2. The molecule has 2 heterocycles. The fourth-order valence-electron chi connectivity index (χ4n) is 7.00. The number of esters is 1. The number of carbonyl (C=O) groups excluding carboxylic acids is 1. The van der Waals surface area contributed by atoms with E-state index in [0.717, 1.165) is 11.8 Å². The molecule has 0 aromatic carbocycles. The van der Waals surface area contributed by atoms with Gasteiger partial charge in [0.05, 0.1) is 12.5 Å². The van der Waals surface area contributed by atoms with Crippen LogP contribution in [-0.2, 0) is 9.53 Å². The third kappa shape index (κ3) is 4.23. The van der Waals surface area contributed by atoms with Crippen LogP contribution >= 0.6 is 0 Å². The molecule has 0 aromatic rings. The summed E-state index contributed by atoms with van der Waals surface area (Å²) in [5.41, 5.74) is 0. The lowest BCUT2D eigenvalue weighted by Gasteiger charge is -2.46. The van der Waals surface area contributed by atoms with Gasteiger partial charge in [0.2, 0.25) is 0 Å². The summed E-state index contributed by atoms with van der Waals surface area (Å²) < 4.78 is 6.02. The molecule has 3 nitrogen and oxygen atoms in total. The highest BCUT2D eigenvalue weighted by molar-refractivity contribution is 5.74. The smallest absolute Gasteiger partial charge is 0.310 e. The third-order valence-electron chi connectivity index (χ3n) is 8.85. The quantitative estimate of drug-likeness (QED) is 0.601. The van der Waals surface area contributed by atoms with Gasteiger partial charge in [0.25, 0.3) is 0 Å². The first-order valence-electron chi connectivity index (χ1n) is 12.1. The van der Waals surface area contributed by atoms with E-state index in [9.17, 15) is 4.79 Å². The zero-order valence-corrected chi connectivity index (χ0v) is 17.7. The van der Waals surface area contributed by atoms with Crippen LogP contribution in [0.4, 0.5) is 0 Å². The Morgan fingerprint density at radius 2 is 1.67 bits per heavy atom. The number of carbonyl (C=O) groups is 1. The molecule has 2 aliphatic heterocycles. The van der Waals surface area contributed by atoms with Gasteiger partial charge >= 0.3 is 5.97 Å². The highest BCUT2D eigenvalue weighted by atomic mass is 16.5. The van der Waals surface area contributed by atoms with E-state index in [0.29, 0.717) is 30.5 Å². The summed E-state index contributed by atoms with van der Waals surface area (Å²) >= 11 is 0. The van der Waals surface area contributed by atoms with Crippen molar-refractivity contribution in [2.45, 2.75) is 102 Å². The average molecular weight is 376 g/mol. The summed E-state index contributed by atoms with van der Waals surface area (Å²) in [7, 11) is 2.26. The summed E-state index contributed by atoms with van der Waals surface area (Å²) in [6, 6.07) is 1.16. The van der Waals surface area contributed by atoms with E-state index in [-0.39, 0.29) is 11.9 Å². The second kappa shape index (κ2) is 8.84. The Labute approximate surface area is 166 Å². The maximum absolute atomic E-state index is 13.3. The van der Waals surface area contributed by atoms with E-state index in [1.54, 1.807) is 0 Å². The molecule has 0 aromatic heterocycles. The van der Waals surface area contributed by atoms with Crippen LogP contribution in [0.3, 0.4) is 0 Å². The van der Waals surface area contributed by atoms with Gasteiger partial charge in [-0.1, -0.05) is 45.4 Å². The van der Waals surface area contributed by atoms with E-state index in [2.05, 4.69) is 18.9 Å².